The van der Waals surface area contributed by atoms with Crippen LogP contribution in [-0.2, 0) is 4.74 Å². The van der Waals surface area contributed by atoms with Crippen LogP contribution in [0.5, 0.6) is 0 Å². The molecule has 0 aliphatic rings. The van der Waals surface area contributed by atoms with Crippen molar-refractivity contribution in [3.63, 3.8) is 0 Å². The van der Waals surface area contributed by atoms with Crippen molar-refractivity contribution >= 4 is 12.0 Å². The van der Waals surface area contributed by atoms with Gasteiger partial charge in [-0.1, -0.05) is 46.1 Å². The molecule has 1 aromatic heterocycles. The molecule has 1 heterocycles. The third kappa shape index (κ3) is 6.52. The van der Waals surface area contributed by atoms with E-state index in [2.05, 4.69) is 28.6 Å². The highest BCUT2D eigenvalue weighted by Gasteiger charge is 2.43. The molecule has 142 valence electrons. The van der Waals surface area contributed by atoms with Crippen LogP contribution in [0.4, 0.5) is 8.78 Å². The van der Waals surface area contributed by atoms with E-state index in [0.717, 1.165) is 6.92 Å². The molecule has 4 nitrogen and oxygen atoms in total. The Hall–Kier alpha value is -1.85. The highest BCUT2D eigenvalue weighted by molar-refractivity contribution is 5.86. The summed E-state index contributed by atoms with van der Waals surface area (Å²) in [6, 6.07) is 0. The summed E-state index contributed by atoms with van der Waals surface area (Å²) in [6.45, 7) is 11.5. The number of nitrogens with zero attached hydrogens (tertiary/aromatic N) is 2. The molecule has 0 amide bonds. The number of carbonyl (C=O) groups is 1. The van der Waals surface area contributed by atoms with Gasteiger partial charge in [-0.3, -0.25) is 4.98 Å². The molecule has 6 heteroatoms. The molecule has 0 aliphatic heterocycles. The van der Waals surface area contributed by atoms with Gasteiger partial charge < -0.3 is 4.74 Å². The van der Waals surface area contributed by atoms with Gasteiger partial charge in [-0.2, -0.15) is 0 Å². The van der Waals surface area contributed by atoms with Crippen LogP contribution < -0.4 is 0 Å². The quantitative estimate of drug-likeness (QED) is 0.657. The predicted molar refractivity (Wildman–Crippen MR) is 96.7 cm³/mol. The van der Waals surface area contributed by atoms with E-state index in [1.54, 1.807) is 19.9 Å². The number of unbranched alkanes of at least 4 members (excludes halogenated alkanes) is 1. The van der Waals surface area contributed by atoms with Crippen LogP contribution >= 0.6 is 0 Å². The third-order valence-corrected chi connectivity index (χ3v) is 4.32. The minimum atomic E-state index is -2.86. The van der Waals surface area contributed by atoms with Crippen LogP contribution in [0.15, 0.2) is 11.8 Å². The number of aryl methyl sites for hydroxylation is 1. The average Bonchev–Trinajstić information content (AvgIpc) is 2.54. The molecule has 0 saturated carbocycles. The van der Waals surface area contributed by atoms with Crippen molar-refractivity contribution in [3.05, 3.63) is 28.9 Å². The summed E-state index contributed by atoms with van der Waals surface area (Å²) in [5.41, 5.74) is 0.204. The van der Waals surface area contributed by atoms with Gasteiger partial charge in [0.1, 0.15) is 0 Å². The van der Waals surface area contributed by atoms with Crippen LogP contribution in [-0.4, -0.2) is 29.0 Å². The molecule has 0 radical (unpaired) electrons. The number of methoxy groups -OCH3 is 1. The number of aromatic nitrogens is 2. The van der Waals surface area contributed by atoms with Crippen molar-refractivity contribution in [1.29, 1.82) is 0 Å². The molecule has 0 unspecified atom stereocenters. The van der Waals surface area contributed by atoms with E-state index in [4.69, 9.17) is 0 Å². The molecule has 0 aliphatic carbocycles. The number of esters is 1. The number of ether oxygens (including phenoxy) is 1. The smallest absolute Gasteiger partial charge is 0.358 e. The fourth-order valence-corrected chi connectivity index (χ4v) is 1.57. The Morgan fingerprint density at radius 2 is 1.76 bits per heavy atom. The Kier molecular flexibility index (Phi) is 8.88. The average molecular weight is 356 g/mol. The number of hydrogen-bond donors (Lipinski definition) is 0. The zero-order valence-electron chi connectivity index (χ0n) is 16.5. The van der Waals surface area contributed by atoms with Gasteiger partial charge in [-0.15, -0.1) is 0 Å². The standard InChI is InChI=1S/C15H20F2N2O2.C4H10/c1-9(14(3,4)15(5,16)17)7-11-10(2)19-12(8-18-11)13(20)21-6;1-3-4-2/h7-8H,1-6H3;3-4H2,1-2H3/b9-7+;. The van der Waals surface area contributed by atoms with Crippen molar-refractivity contribution in [1.82, 2.24) is 9.97 Å². The monoisotopic (exact) mass is 356 g/mol. The molecule has 0 aromatic carbocycles. The largest absolute Gasteiger partial charge is 0.464 e. The number of allylic oxidation sites excluding steroid dienone is 1. The summed E-state index contributed by atoms with van der Waals surface area (Å²) in [5, 5.41) is 0. The predicted octanol–water partition coefficient (Wildman–Crippen LogP) is 5.46. The normalized spacial score (nSPS) is 12.3. The van der Waals surface area contributed by atoms with E-state index in [1.807, 2.05) is 0 Å². The van der Waals surface area contributed by atoms with Crippen molar-refractivity contribution in [3.8, 4) is 0 Å². The summed E-state index contributed by atoms with van der Waals surface area (Å²) >= 11 is 0. The van der Waals surface area contributed by atoms with E-state index in [-0.39, 0.29) is 5.69 Å². The lowest BCUT2D eigenvalue weighted by atomic mass is 9.79. The number of halogens is 2. The minimum Gasteiger partial charge on any atom is -0.464 e. The number of rotatable bonds is 5. The van der Waals surface area contributed by atoms with Crippen molar-refractivity contribution in [2.24, 2.45) is 5.41 Å². The van der Waals surface area contributed by atoms with E-state index < -0.39 is 17.3 Å². The molecule has 0 N–H and O–H groups in total. The minimum absolute atomic E-state index is 0.0879. The number of alkyl halides is 2. The second-order valence-corrected chi connectivity index (χ2v) is 6.56. The first kappa shape index (κ1) is 23.1. The number of hydrogen-bond acceptors (Lipinski definition) is 4. The van der Waals surface area contributed by atoms with Gasteiger partial charge in [-0.25, -0.2) is 18.6 Å². The van der Waals surface area contributed by atoms with Crippen LogP contribution in [0.2, 0.25) is 0 Å². The molecule has 25 heavy (non-hydrogen) atoms. The summed E-state index contributed by atoms with van der Waals surface area (Å²) in [7, 11) is 1.25. The van der Waals surface area contributed by atoms with Crippen molar-refractivity contribution < 1.29 is 18.3 Å². The lowest BCUT2D eigenvalue weighted by Gasteiger charge is -2.32. The van der Waals surface area contributed by atoms with Crippen LogP contribution in [0, 0.1) is 12.3 Å². The Morgan fingerprint density at radius 1 is 1.24 bits per heavy atom. The van der Waals surface area contributed by atoms with Gasteiger partial charge in [0.25, 0.3) is 5.92 Å². The molecule has 0 spiro atoms. The van der Waals surface area contributed by atoms with Gasteiger partial charge in [0, 0.05) is 12.3 Å². The van der Waals surface area contributed by atoms with E-state index in [1.165, 1.54) is 40.0 Å². The van der Waals surface area contributed by atoms with Crippen molar-refractivity contribution in [2.45, 2.75) is 67.2 Å². The van der Waals surface area contributed by atoms with Gasteiger partial charge in [-0.05, 0) is 19.9 Å². The second-order valence-electron chi connectivity index (χ2n) is 6.56. The third-order valence-electron chi connectivity index (χ3n) is 4.32. The molecule has 1 aromatic rings. The maximum atomic E-state index is 13.6. The Morgan fingerprint density at radius 3 is 2.12 bits per heavy atom. The lowest BCUT2D eigenvalue weighted by Crippen LogP contribution is -2.34. The van der Waals surface area contributed by atoms with E-state index >= 15 is 0 Å². The Balaban J connectivity index is 0.00000129. The number of carbonyl (C=O) groups excluding carboxylic acids is 1. The molecule has 0 saturated heterocycles. The van der Waals surface area contributed by atoms with E-state index in [0.29, 0.717) is 17.0 Å². The SMILES string of the molecule is CCCC.COC(=O)c1cnc(/C=C(\C)C(C)(C)C(C)(F)F)c(C)n1. The zero-order chi connectivity index (χ0) is 19.8. The first-order valence-corrected chi connectivity index (χ1v) is 8.40. The molecule has 0 bridgehead atoms. The van der Waals surface area contributed by atoms with Gasteiger partial charge in [0.15, 0.2) is 5.69 Å². The van der Waals surface area contributed by atoms with Crippen LogP contribution in [0.25, 0.3) is 6.08 Å². The van der Waals surface area contributed by atoms with Crippen LogP contribution in [0.3, 0.4) is 0 Å². The Labute approximate surface area is 149 Å². The highest BCUT2D eigenvalue weighted by atomic mass is 19.3. The fourth-order valence-electron chi connectivity index (χ4n) is 1.57. The highest BCUT2D eigenvalue weighted by Crippen LogP contribution is 2.42. The van der Waals surface area contributed by atoms with E-state index in [9.17, 15) is 13.6 Å². The molecule has 0 fully saturated rings. The maximum Gasteiger partial charge on any atom is 0.358 e. The molecule has 0 atom stereocenters. The maximum absolute atomic E-state index is 13.6. The summed E-state index contributed by atoms with van der Waals surface area (Å²) in [5.74, 6) is -3.45. The molecular formula is C19H30F2N2O2. The van der Waals surface area contributed by atoms with Crippen LogP contribution in [0.1, 0.15) is 76.3 Å². The lowest BCUT2D eigenvalue weighted by molar-refractivity contribution is -0.0685. The summed E-state index contributed by atoms with van der Waals surface area (Å²) < 4.78 is 31.8. The second kappa shape index (κ2) is 9.59. The fraction of sp³-hybridized carbons (Fsp3) is 0.632. The van der Waals surface area contributed by atoms with Gasteiger partial charge >= 0.3 is 5.97 Å². The molecule has 1 rings (SSSR count). The van der Waals surface area contributed by atoms with Gasteiger partial charge in [0.2, 0.25) is 0 Å². The molecular weight excluding hydrogens is 326 g/mol. The van der Waals surface area contributed by atoms with Gasteiger partial charge in [0.05, 0.1) is 24.7 Å². The summed E-state index contributed by atoms with van der Waals surface area (Å²) in [4.78, 5) is 19.5. The first-order valence-electron chi connectivity index (χ1n) is 8.40. The van der Waals surface area contributed by atoms with Crippen molar-refractivity contribution in [2.75, 3.05) is 7.11 Å². The first-order chi connectivity index (χ1) is 11.4. The summed E-state index contributed by atoms with van der Waals surface area (Å²) in [6.07, 6.45) is 5.48. The zero-order valence-corrected chi connectivity index (χ0v) is 16.5. The Bertz CT molecular complexity index is 604. The topological polar surface area (TPSA) is 52.1 Å².